The number of rotatable bonds is 0. The van der Waals surface area contributed by atoms with Gasteiger partial charge in [-0.15, -0.1) is 0 Å². The van der Waals surface area contributed by atoms with Crippen LogP contribution in [0.2, 0.25) is 0 Å². The van der Waals surface area contributed by atoms with Crippen LogP contribution in [0.15, 0.2) is 36.4 Å². The second kappa shape index (κ2) is 2.38. The van der Waals surface area contributed by atoms with Gasteiger partial charge in [0.1, 0.15) is 0 Å². The first kappa shape index (κ1) is 7.63. The average Bonchev–Trinajstić information content (AvgIpc) is 2.16. The van der Waals surface area contributed by atoms with E-state index in [1.165, 1.54) is 27.8 Å². The summed E-state index contributed by atoms with van der Waals surface area (Å²) in [5.41, 5.74) is 13.2. The van der Waals surface area contributed by atoms with Gasteiger partial charge in [0.05, 0.1) is 0 Å². The van der Waals surface area contributed by atoms with E-state index in [1.807, 2.05) is 12.1 Å². The minimum Gasteiger partial charge on any atom is -0.399 e. The van der Waals surface area contributed by atoms with Crippen molar-refractivity contribution in [2.24, 2.45) is 0 Å². The first-order valence-corrected chi connectivity index (χ1v) is 4.76. The van der Waals surface area contributed by atoms with Crippen LogP contribution >= 0.6 is 0 Å². The Bertz CT molecular complexity index is 463. The molecule has 0 saturated carbocycles. The SMILES string of the molecule is Cc1ccc2c(c1)-c1ccc(N)cc1-2. The molecule has 0 saturated heterocycles. The molecule has 1 aliphatic rings. The van der Waals surface area contributed by atoms with Crippen LogP contribution in [0.4, 0.5) is 5.69 Å². The first-order chi connectivity index (χ1) is 6.75. The van der Waals surface area contributed by atoms with Crippen molar-refractivity contribution in [3.63, 3.8) is 0 Å². The molecule has 2 aromatic carbocycles. The fraction of sp³-hybridized carbons (Fsp3) is 0.0769. The molecule has 0 aliphatic heterocycles. The van der Waals surface area contributed by atoms with Crippen molar-refractivity contribution in [3.05, 3.63) is 42.0 Å². The summed E-state index contributed by atoms with van der Waals surface area (Å²) in [7, 11) is 0. The molecule has 0 amide bonds. The van der Waals surface area contributed by atoms with E-state index in [0.717, 1.165) is 5.69 Å². The third kappa shape index (κ3) is 0.841. The number of nitrogens with two attached hydrogens (primary N) is 1. The summed E-state index contributed by atoms with van der Waals surface area (Å²) >= 11 is 0. The number of nitrogen functional groups attached to an aromatic ring is 1. The van der Waals surface area contributed by atoms with Crippen LogP contribution in [0.5, 0.6) is 0 Å². The maximum absolute atomic E-state index is 5.75. The Labute approximate surface area is 83.2 Å². The number of hydrogen-bond donors (Lipinski definition) is 1. The van der Waals surface area contributed by atoms with Gasteiger partial charge in [0, 0.05) is 5.69 Å². The Kier molecular flexibility index (Phi) is 1.30. The Balaban J connectivity index is 2.25. The molecule has 1 heteroatoms. The fourth-order valence-corrected chi connectivity index (χ4v) is 2.07. The number of anilines is 1. The van der Waals surface area contributed by atoms with Gasteiger partial charge in [-0.05, 0) is 41.3 Å². The second-order valence-corrected chi connectivity index (χ2v) is 3.85. The molecule has 0 fully saturated rings. The molecular formula is C13H11N. The standard InChI is InChI=1S/C13H11N/c1-8-2-4-10-12(6-8)11-5-3-9(14)7-13(10)11/h2-7H,14H2,1H3. The van der Waals surface area contributed by atoms with Gasteiger partial charge in [-0.2, -0.15) is 0 Å². The van der Waals surface area contributed by atoms with E-state index in [1.54, 1.807) is 0 Å². The van der Waals surface area contributed by atoms with Crippen molar-refractivity contribution in [1.82, 2.24) is 0 Å². The Hall–Kier alpha value is -1.76. The molecule has 0 atom stereocenters. The van der Waals surface area contributed by atoms with Crippen molar-refractivity contribution >= 4 is 5.69 Å². The lowest BCUT2D eigenvalue weighted by Crippen LogP contribution is -2.00. The van der Waals surface area contributed by atoms with Gasteiger partial charge in [0.2, 0.25) is 0 Å². The average molecular weight is 181 g/mol. The van der Waals surface area contributed by atoms with Crippen LogP contribution in [0.3, 0.4) is 0 Å². The third-order valence-electron chi connectivity index (χ3n) is 2.80. The molecule has 0 radical (unpaired) electrons. The highest BCUT2D eigenvalue weighted by Gasteiger charge is 2.21. The molecule has 2 aromatic rings. The van der Waals surface area contributed by atoms with E-state index in [2.05, 4.69) is 31.2 Å². The van der Waals surface area contributed by atoms with E-state index >= 15 is 0 Å². The lowest BCUT2D eigenvalue weighted by Gasteiger charge is -2.24. The van der Waals surface area contributed by atoms with Gasteiger partial charge in [-0.1, -0.05) is 29.8 Å². The Morgan fingerprint density at radius 1 is 0.786 bits per heavy atom. The summed E-state index contributed by atoms with van der Waals surface area (Å²) in [4.78, 5) is 0. The predicted molar refractivity (Wildman–Crippen MR) is 60.0 cm³/mol. The van der Waals surface area contributed by atoms with Crippen molar-refractivity contribution < 1.29 is 0 Å². The zero-order valence-electron chi connectivity index (χ0n) is 8.04. The maximum atomic E-state index is 5.75. The Morgan fingerprint density at radius 3 is 2.21 bits per heavy atom. The Morgan fingerprint density at radius 2 is 1.43 bits per heavy atom. The summed E-state index contributed by atoms with van der Waals surface area (Å²) in [5.74, 6) is 0. The van der Waals surface area contributed by atoms with Crippen LogP contribution in [-0.2, 0) is 0 Å². The molecule has 1 nitrogen and oxygen atoms in total. The van der Waals surface area contributed by atoms with Crippen LogP contribution < -0.4 is 5.73 Å². The molecule has 2 N–H and O–H groups in total. The molecule has 3 rings (SSSR count). The van der Waals surface area contributed by atoms with Crippen LogP contribution in [0, 0.1) is 6.92 Å². The molecule has 0 aromatic heterocycles. The van der Waals surface area contributed by atoms with Crippen LogP contribution in [0.25, 0.3) is 22.3 Å². The van der Waals surface area contributed by atoms with E-state index in [4.69, 9.17) is 5.73 Å². The highest BCUT2D eigenvalue weighted by Crippen LogP contribution is 2.47. The second-order valence-electron chi connectivity index (χ2n) is 3.85. The van der Waals surface area contributed by atoms with Gasteiger partial charge in [-0.25, -0.2) is 0 Å². The summed E-state index contributed by atoms with van der Waals surface area (Å²) < 4.78 is 0. The normalized spacial score (nSPS) is 11.5. The highest BCUT2D eigenvalue weighted by atomic mass is 14.5. The van der Waals surface area contributed by atoms with E-state index in [9.17, 15) is 0 Å². The monoisotopic (exact) mass is 181 g/mol. The zero-order valence-corrected chi connectivity index (χ0v) is 8.04. The van der Waals surface area contributed by atoms with Crippen molar-refractivity contribution in [1.29, 1.82) is 0 Å². The minimum absolute atomic E-state index is 0.843. The largest absolute Gasteiger partial charge is 0.399 e. The topological polar surface area (TPSA) is 26.0 Å². The molecule has 14 heavy (non-hydrogen) atoms. The molecule has 0 spiro atoms. The molecular weight excluding hydrogens is 170 g/mol. The number of aryl methyl sites for hydroxylation is 1. The molecule has 0 unspecified atom stereocenters. The molecule has 0 bridgehead atoms. The van der Waals surface area contributed by atoms with Gasteiger partial charge in [-0.3, -0.25) is 0 Å². The van der Waals surface area contributed by atoms with Gasteiger partial charge in [0.25, 0.3) is 0 Å². The van der Waals surface area contributed by atoms with Gasteiger partial charge < -0.3 is 5.73 Å². The minimum atomic E-state index is 0.843. The lowest BCUT2D eigenvalue weighted by molar-refractivity contribution is 1.43. The van der Waals surface area contributed by atoms with Crippen LogP contribution in [0.1, 0.15) is 5.56 Å². The molecule has 0 heterocycles. The van der Waals surface area contributed by atoms with E-state index in [-0.39, 0.29) is 0 Å². The summed E-state index contributed by atoms with van der Waals surface area (Å²) in [6, 6.07) is 12.7. The maximum Gasteiger partial charge on any atom is 0.0320 e. The quantitative estimate of drug-likeness (QED) is 0.529. The smallest absolute Gasteiger partial charge is 0.0320 e. The summed E-state index contributed by atoms with van der Waals surface area (Å²) in [6.45, 7) is 2.12. The van der Waals surface area contributed by atoms with Crippen molar-refractivity contribution in [2.75, 3.05) is 5.73 Å². The van der Waals surface area contributed by atoms with Crippen molar-refractivity contribution in [3.8, 4) is 22.3 Å². The van der Waals surface area contributed by atoms with Crippen molar-refractivity contribution in [2.45, 2.75) is 6.92 Å². The highest BCUT2D eigenvalue weighted by molar-refractivity contribution is 6.03. The van der Waals surface area contributed by atoms with E-state index < -0.39 is 0 Å². The summed E-state index contributed by atoms with van der Waals surface area (Å²) in [5, 5.41) is 0. The third-order valence-corrected chi connectivity index (χ3v) is 2.80. The van der Waals surface area contributed by atoms with Crippen LogP contribution in [-0.4, -0.2) is 0 Å². The molecule has 68 valence electrons. The zero-order chi connectivity index (χ0) is 9.71. The number of hydrogen-bond acceptors (Lipinski definition) is 1. The number of fused-ring (bicyclic) bond motifs is 4. The number of benzene rings is 2. The lowest BCUT2D eigenvalue weighted by atomic mass is 9.80. The predicted octanol–water partition coefficient (Wildman–Crippen LogP) is 3.22. The first-order valence-electron chi connectivity index (χ1n) is 4.76. The fourth-order valence-electron chi connectivity index (χ4n) is 2.07. The van der Waals surface area contributed by atoms with Gasteiger partial charge >= 0.3 is 0 Å². The van der Waals surface area contributed by atoms with E-state index in [0.29, 0.717) is 0 Å². The molecule has 1 aliphatic carbocycles. The van der Waals surface area contributed by atoms with Gasteiger partial charge in [0.15, 0.2) is 0 Å². The summed E-state index contributed by atoms with van der Waals surface area (Å²) in [6.07, 6.45) is 0.